The third-order valence-electron chi connectivity index (χ3n) is 0.446. The van der Waals surface area contributed by atoms with Crippen LogP contribution in [0.15, 0.2) is 4.99 Å². The van der Waals surface area contributed by atoms with Crippen LogP contribution in [-0.2, 0) is 9.78 Å². The Bertz CT molecular complexity index is 78.9. The van der Waals surface area contributed by atoms with Crippen molar-refractivity contribution in [1.82, 2.24) is 0 Å². The average Bonchev–Trinajstić information content (AvgIpc) is 1.86. The molecule has 0 amide bonds. The Morgan fingerprint density at radius 1 is 1.83 bits per heavy atom. The summed E-state index contributed by atoms with van der Waals surface area (Å²) in [4.78, 5) is 12.2. The SMILES string of the molecule is CC1=N[CH]OO1. The summed E-state index contributed by atoms with van der Waals surface area (Å²) in [7, 11) is 0. The lowest BCUT2D eigenvalue weighted by Crippen LogP contribution is -1.86. The van der Waals surface area contributed by atoms with Gasteiger partial charge in [0.1, 0.15) is 0 Å². The Balaban J connectivity index is 2.45. The molecule has 0 aliphatic carbocycles. The van der Waals surface area contributed by atoms with E-state index in [2.05, 4.69) is 14.8 Å². The molecule has 1 radical (unpaired) electrons. The first-order valence-electron chi connectivity index (χ1n) is 1.59. The van der Waals surface area contributed by atoms with Crippen LogP contribution < -0.4 is 0 Å². The molecule has 0 atom stereocenters. The maximum Gasteiger partial charge on any atom is 0.247 e. The molecule has 0 saturated carbocycles. The summed E-state index contributed by atoms with van der Waals surface area (Å²) in [5, 5.41) is 0. The zero-order valence-corrected chi connectivity index (χ0v) is 3.34. The highest BCUT2D eigenvalue weighted by Gasteiger charge is 1.99. The molecule has 0 aromatic heterocycles. The van der Waals surface area contributed by atoms with Crippen molar-refractivity contribution < 1.29 is 9.78 Å². The van der Waals surface area contributed by atoms with E-state index < -0.39 is 0 Å². The van der Waals surface area contributed by atoms with E-state index in [9.17, 15) is 0 Å². The van der Waals surface area contributed by atoms with Crippen LogP contribution in [0.4, 0.5) is 0 Å². The van der Waals surface area contributed by atoms with Gasteiger partial charge in [-0.05, 0) is 0 Å². The van der Waals surface area contributed by atoms with Crippen LogP contribution in [0, 0.1) is 6.73 Å². The van der Waals surface area contributed by atoms with Gasteiger partial charge in [-0.1, -0.05) is 0 Å². The highest BCUT2D eigenvalue weighted by Crippen LogP contribution is 1.97. The fourth-order valence-corrected chi connectivity index (χ4v) is 0.208. The monoisotopic (exact) mass is 86.0 g/mol. The summed E-state index contributed by atoms with van der Waals surface area (Å²) in [5.74, 6) is 0.551. The molecule has 1 heterocycles. The van der Waals surface area contributed by atoms with Gasteiger partial charge in [-0.2, -0.15) is 4.89 Å². The molecule has 0 fully saturated rings. The Hall–Kier alpha value is -0.570. The van der Waals surface area contributed by atoms with Gasteiger partial charge < -0.3 is 4.89 Å². The molecular weight excluding hydrogens is 82.0 g/mol. The number of nitrogens with zero attached hydrogens (tertiary/aromatic N) is 1. The standard InChI is InChI=1S/C3H4NO2/c1-3-4-2-5-6-3/h2H,1H3. The predicted octanol–water partition coefficient (Wildman–Crippen LogP) is 0.486. The molecule has 0 spiro atoms. The zero-order chi connectivity index (χ0) is 4.41. The highest BCUT2D eigenvalue weighted by molar-refractivity contribution is 5.73. The molecular formula is C3H4NO2. The smallest absolute Gasteiger partial charge is 0.247 e. The molecule has 1 aliphatic rings. The fourth-order valence-electron chi connectivity index (χ4n) is 0.208. The number of hydrogen-bond donors (Lipinski definition) is 0. The minimum atomic E-state index is 0.551. The normalized spacial score (nSPS) is 19.8. The predicted molar refractivity (Wildman–Crippen MR) is 19.6 cm³/mol. The summed E-state index contributed by atoms with van der Waals surface area (Å²) < 4.78 is 0. The van der Waals surface area contributed by atoms with Crippen LogP contribution in [0.2, 0.25) is 0 Å². The van der Waals surface area contributed by atoms with Crippen LogP contribution in [-0.4, -0.2) is 5.90 Å². The van der Waals surface area contributed by atoms with Gasteiger partial charge in [0.05, 0.1) is 0 Å². The first-order chi connectivity index (χ1) is 2.89. The lowest BCUT2D eigenvalue weighted by molar-refractivity contribution is -0.172. The molecule has 0 bridgehead atoms. The minimum absolute atomic E-state index is 0.551. The van der Waals surface area contributed by atoms with Crippen LogP contribution in [0.5, 0.6) is 0 Å². The van der Waals surface area contributed by atoms with Crippen LogP contribution >= 0.6 is 0 Å². The maximum absolute atomic E-state index is 4.35. The van der Waals surface area contributed by atoms with Crippen molar-refractivity contribution in [2.75, 3.05) is 0 Å². The molecule has 0 saturated heterocycles. The van der Waals surface area contributed by atoms with Gasteiger partial charge >= 0.3 is 0 Å². The van der Waals surface area contributed by atoms with E-state index in [-0.39, 0.29) is 0 Å². The first kappa shape index (κ1) is 3.61. The van der Waals surface area contributed by atoms with Gasteiger partial charge in [-0.25, -0.2) is 4.99 Å². The number of aliphatic imine (C=N–C) groups is 1. The Morgan fingerprint density at radius 3 is 2.83 bits per heavy atom. The number of hydrogen-bond acceptors (Lipinski definition) is 3. The van der Waals surface area contributed by atoms with Gasteiger partial charge in [-0.15, -0.1) is 0 Å². The lowest BCUT2D eigenvalue weighted by Gasteiger charge is -1.83. The fraction of sp³-hybridized carbons (Fsp3) is 0.333. The largest absolute Gasteiger partial charge is 0.320 e. The second kappa shape index (κ2) is 1.26. The molecule has 33 valence electrons. The van der Waals surface area contributed by atoms with Crippen molar-refractivity contribution in [3.8, 4) is 0 Å². The van der Waals surface area contributed by atoms with Crippen LogP contribution in [0.1, 0.15) is 6.92 Å². The van der Waals surface area contributed by atoms with E-state index in [1.807, 2.05) is 0 Å². The summed E-state index contributed by atoms with van der Waals surface area (Å²) in [6.07, 6.45) is 0. The second-order valence-corrected chi connectivity index (χ2v) is 0.933. The molecule has 1 rings (SSSR count). The van der Waals surface area contributed by atoms with Crippen molar-refractivity contribution in [2.45, 2.75) is 6.92 Å². The maximum atomic E-state index is 4.35. The van der Waals surface area contributed by atoms with Gasteiger partial charge in [0.25, 0.3) is 0 Å². The zero-order valence-electron chi connectivity index (χ0n) is 3.34. The molecule has 3 heteroatoms. The van der Waals surface area contributed by atoms with Crippen molar-refractivity contribution in [1.29, 1.82) is 0 Å². The van der Waals surface area contributed by atoms with Gasteiger partial charge in [0, 0.05) is 6.92 Å². The van der Waals surface area contributed by atoms with Gasteiger partial charge in [-0.3, -0.25) is 0 Å². The molecule has 0 aromatic carbocycles. The summed E-state index contributed by atoms with van der Waals surface area (Å²) >= 11 is 0. The third kappa shape index (κ3) is 0.490. The Morgan fingerprint density at radius 2 is 2.67 bits per heavy atom. The lowest BCUT2D eigenvalue weighted by atomic mass is 10.8. The quantitative estimate of drug-likeness (QED) is 0.401. The van der Waals surface area contributed by atoms with Crippen LogP contribution in [0.25, 0.3) is 0 Å². The van der Waals surface area contributed by atoms with E-state index in [1.165, 1.54) is 6.73 Å². The van der Waals surface area contributed by atoms with Gasteiger partial charge in [0.15, 0.2) is 0 Å². The van der Waals surface area contributed by atoms with E-state index in [0.29, 0.717) is 5.90 Å². The highest BCUT2D eigenvalue weighted by atomic mass is 17.2. The van der Waals surface area contributed by atoms with Crippen LogP contribution in [0.3, 0.4) is 0 Å². The Kier molecular flexibility index (Phi) is 0.759. The van der Waals surface area contributed by atoms with Gasteiger partial charge in [0.2, 0.25) is 12.6 Å². The molecule has 6 heavy (non-hydrogen) atoms. The van der Waals surface area contributed by atoms with E-state index >= 15 is 0 Å². The summed E-state index contributed by atoms with van der Waals surface area (Å²) in [6, 6.07) is 0. The molecule has 1 aliphatic heterocycles. The minimum Gasteiger partial charge on any atom is -0.320 e. The van der Waals surface area contributed by atoms with Crippen molar-refractivity contribution >= 4 is 5.90 Å². The summed E-state index contributed by atoms with van der Waals surface area (Å²) in [5.41, 5.74) is 0. The van der Waals surface area contributed by atoms with E-state index in [4.69, 9.17) is 0 Å². The van der Waals surface area contributed by atoms with Crippen molar-refractivity contribution in [2.24, 2.45) is 4.99 Å². The van der Waals surface area contributed by atoms with Crippen molar-refractivity contribution in [3.63, 3.8) is 0 Å². The van der Waals surface area contributed by atoms with E-state index in [1.54, 1.807) is 6.92 Å². The molecule has 0 unspecified atom stereocenters. The number of rotatable bonds is 0. The van der Waals surface area contributed by atoms with Crippen molar-refractivity contribution in [3.05, 3.63) is 6.73 Å². The summed E-state index contributed by atoms with van der Waals surface area (Å²) in [6.45, 7) is 2.96. The topological polar surface area (TPSA) is 30.8 Å². The second-order valence-electron chi connectivity index (χ2n) is 0.933. The van der Waals surface area contributed by atoms with E-state index in [0.717, 1.165) is 0 Å². The third-order valence-corrected chi connectivity index (χ3v) is 0.446. The Labute approximate surface area is 35.5 Å². The molecule has 0 N–H and O–H groups in total. The average molecular weight is 86.1 g/mol. The molecule has 0 aromatic rings. The first-order valence-corrected chi connectivity index (χ1v) is 1.59. The molecule has 3 nitrogen and oxygen atoms in total.